The molecule has 1 saturated heterocycles. The van der Waals surface area contributed by atoms with Crippen LogP contribution in [0.2, 0.25) is 0 Å². The summed E-state index contributed by atoms with van der Waals surface area (Å²) in [6.07, 6.45) is 12.0. The van der Waals surface area contributed by atoms with Crippen molar-refractivity contribution >= 4 is 11.4 Å². The topological polar surface area (TPSA) is 77.5 Å². The van der Waals surface area contributed by atoms with Gasteiger partial charge < -0.3 is 18.8 Å². The van der Waals surface area contributed by atoms with Crippen LogP contribution in [0.4, 0.5) is 0 Å². The van der Waals surface area contributed by atoms with E-state index in [-0.39, 0.29) is 28.3 Å². The van der Waals surface area contributed by atoms with E-state index >= 15 is 0 Å². The summed E-state index contributed by atoms with van der Waals surface area (Å²) in [5.41, 5.74) is 4.36. The molecule has 7 nitrogen and oxygen atoms in total. The van der Waals surface area contributed by atoms with Gasteiger partial charge in [0, 0.05) is 42.0 Å². The molecule has 49 heavy (non-hydrogen) atoms. The van der Waals surface area contributed by atoms with Crippen LogP contribution in [-0.2, 0) is 45.0 Å². The van der Waals surface area contributed by atoms with Crippen molar-refractivity contribution in [2.24, 2.45) is 22.7 Å². The van der Waals surface area contributed by atoms with Crippen LogP contribution in [0.25, 0.3) is 0 Å². The standard InChI is InChI=1S/C41H53NO6S/c1-37(2,3)38(4,43)32-24-39-17-18-41(32,45-5)36-40(39)19-20-42(25-27-10-11-27)33(39)23-30-14-15-31(35(47-36)34(30)40)48-49(44)46-21-16-26-12-13-28-8-6-7-9-29(28)22-26/h6-9,12,14-15,27,32-33,36,43H,10-11,13,16-25H2,1-5H3. The molecule has 8 heteroatoms. The number of rotatable bonds is 10. The molecule has 4 bridgehead atoms. The molecule has 1 N–H and O–H groups in total. The molecule has 8 aliphatic rings. The first-order chi connectivity index (χ1) is 23.4. The Morgan fingerprint density at radius 2 is 1.84 bits per heavy atom. The molecule has 10 rings (SSSR count). The number of hydrogen-bond acceptors (Lipinski definition) is 7. The Morgan fingerprint density at radius 1 is 1.04 bits per heavy atom. The largest absolute Gasteiger partial charge is 0.482 e. The number of fused-ring (bicyclic) bond motifs is 3. The lowest BCUT2D eigenvalue weighted by Crippen LogP contribution is -2.83. The average Bonchev–Trinajstić information content (AvgIpc) is 3.82. The molecule has 6 aliphatic carbocycles. The van der Waals surface area contributed by atoms with E-state index < -0.39 is 22.6 Å². The second kappa shape index (κ2) is 11.1. The molecule has 2 heterocycles. The highest BCUT2D eigenvalue weighted by atomic mass is 32.2. The Kier molecular flexibility index (Phi) is 7.42. The van der Waals surface area contributed by atoms with Crippen LogP contribution in [0.5, 0.6) is 11.5 Å². The summed E-state index contributed by atoms with van der Waals surface area (Å²) in [6, 6.07) is 13.1. The Balaban J connectivity index is 1.04. The van der Waals surface area contributed by atoms with Gasteiger partial charge in [0.15, 0.2) is 11.5 Å². The number of allylic oxidation sites excluding steroid dienone is 1. The quantitative estimate of drug-likeness (QED) is 0.276. The second-order valence-electron chi connectivity index (χ2n) is 17.6. The number of ether oxygens (including phenoxy) is 2. The molecule has 0 aromatic heterocycles. The summed E-state index contributed by atoms with van der Waals surface area (Å²) >= 11 is -1.97. The van der Waals surface area contributed by atoms with Gasteiger partial charge in [-0.15, -0.1) is 0 Å². The summed E-state index contributed by atoms with van der Waals surface area (Å²) in [4.78, 5) is 2.82. The Labute approximate surface area is 294 Å². The van der Waals surface area contributed by atoms with Gasteiger partial charge in [-0.25, -0.2) is 0 Å². The number of likely N-dealkylation sites (tertiary alicyclic amines) is 1. The molecule has 264 valence electrons. The molecular formula is C41H53NO6S. The van der Waals surface area contributed by atoms with E-state index in [2.05, 4.69) is 62.1 Å². The maximum Gasteiger partial charge on any atom is 0.360 e. The minimum atomic E-state index is -1.97. The van der Waals surface area contributed by atoms with Crippen molar-refractivity contribution in [3.8, 4) is 11.5 Å². The predicted molar refractivity (Wildman–Crippen MR) is 190 cm³/mol. The van der Waals surface area contributed by atoms with E-state index in [1.807, 2.05) is 20.1 Å². The molecule has 8 atom stereocenters. The highest BCUT2D eigenvalue weighted by molar-refractivity contribution is 7.75. The fraction of sp³-hybridized carbons (Fsp3) is 0.659. The Morgan fingerprint density at radius 3 is 2.59 bits per heavy atom. The smallest absolute Gasteiger partial charge is 0.360 e. The third-order valence-electron chi connectivity index (χ3n) is 14.7. The predicted octanol–water partition coefficient (Wildman–Crippen LogP) is 6.80. The Bertz CT molecular complexity index is 1730. The van der Waals surface area contributed by atoms with Crippen LogP contribution in [0.3, 0.4) is 0 Å². The zero-order valence-corrected chi connectivity index (χ0v) is 30.7. The Hall–Kier alpha value is -2.23. The van der Waals surface area contributed by atoms with Gasteiger partial charge in [-0.1, -0.05) is 62.8 Å². The van der Waals surface area contributed by atoms with E-state index in [0.29, 0.717) is 18.4 Å². The van der Waals surface area contributed by atoms with Crippen molar-refractivity contribution in [2.75, 3.05) is 26.8 Å². The SMILES string of the molecule is COC12CCC3(CC1C(C)(O)C(C)(C)C)C1Cc4ccc(OS(=O)OCCC5=CCc6ccccc6C5)c5c4C3(CCN1CC1CC1)C2O5. The van der Waals surface area contributed by atoms with Gasteiger partial charge in [-0.05, 0) is 112 Å². The van der Waals surface area contributed by atoms with Gasteiger partial charge in [0.05, 0.1) is 12.2 Å². The maximum atomic E-state index is 13.4. The van der Waals surface area contributed by atoms with Crippen LogP contribution >= 0.6 is 0 Å². The first-order valence-corrected chi connectivity index (χ1v) is 19.8. The molecule has 2 aromatic rings. The lowest BCUT2D eigenvalue weighted by atomic mass is 9.33. The zero-order valence-electron chi connectivity index (χ0n) is 29.9. The van der Waals surface area contributed by atoms with Gasteiger partial charge in [-0.2, -0.15) is 4.21 Å². The van der Waals surface area contributed by atoms with Crippen molar-refractivity contribution in [1.29, 1.82) is 0 Å². The molecule has 2 spiro atoms. The molecular weight excluding hydrogens is 635 g/mol. The lowest BCUT2D eigenvalue weighted by Gasteiger charge is -2.75. The third-order valence-corrected chi connectivity index (χ3v) is 15.4. The first-order valence-electron chi connectivity index (χ1n) is 18.8. The van der Waals surface area contributed by atoms with Gasteiger partial charge in [-0.3, -0.25) is 9.08 Å². The van der Waals surface area contributed by atoms with Crippen molar-refractivity contribution in [3.05, 3.63) is 70.3 Å². The van der Waals surface area contributed by atoms with Gasteiger partial charge >= 0.3 is 11.4 Å². The number of aliphatic hydroxyl groups is 1. The van der Waals surface area contributed by atoms with E-state index in [0.717, 1.165) is 69.6 Å². The van der Waals surface area contributed by atoms with E-state index in [1.165, 1.54) is 47.2 Å². The molecule has 0 radical (unpaired) electrons. The van der Waals surface area contributed by atoms with Gasteiger partial charge in [0.2, 0.25) is 0 Å². The minimum Gasteiger partial charge on any atom is -0.482 e. The van der Waals surface area contributed by atoms with E-state index in [4.69, 9.17) is 17.8 Å². The number of benzene rings is 2. The zero-order chi connectivity index (χ0) is 34.0. The van der Waals surface area contributed by atoms with Crippen LogP contribution in [-0.4, -0.2) is 64.4 Å². The number of hydrogen-bond donors (Lipinski definition) is 1. The maximum absolute atomic E-state index is 13.4. The van der Waals surface area contributed by atoms with Crippen molar-refractivity contribution < 1.29 is 27.2 Å². The highest BCUT2D eigenvalue weighted by Crippen LogP contribution is 2.78. The number of piperidine rings is 1. The molecule has 2 aliphatic heterocycles. The summed E-state index contributed by atoms with van der Waals surface area (Å²) in [7, 11) is 1.83. The summed E-state index contributed by atoms with van der Waals surface area (Å²) in [5, 5.41) is 12.5. The third kappa shape index (κ3) is 4.55. The lowest BCUT2D eigenvalue weighted by molar-refractivity contribution is -0.312. The van der Waals surface area contributed by atoms with Crippen LogP contribution in [0.1, 0.15) is 94.9 Å². The van der Waals surface area contributed by atoms with Crippen LogP contribution in [0.15, 0.2) is 48.0 Å². The highest BCUT2D eigenvalue weighted by Gasteiger charge is 2.82. The van der Waals surface area contributed by atoms with Crippen molar-refractivity contribution in [1.82, 2.24) is 4.90 Å². The fourth-order valence-electron chi connectivity index (χ4n) is 11.7. The molecule has 2 aromatic carbocycles. The average molecular weight is 688 g/mol. The molecule has 5 fully saturated rings. The van der Waals surface area contributed by atoms with Crippen molar-refractivity contribution in [2.45, 2.75) is 121 Å². The number of methoxy groups -OCH3 is 1. The van der Waals surface area contributed by atoms with Crippen molar-refractivity contribution in [3.63, 3.8) is 0 Å². The molecule has 8 unspecified atom stereocenters. The normalized spacial score (nSPS) is 35.9. The summed E-state index contributed by atoms with van der Waals surface area (Å²) < 4.78 is 39.3. The van der Waals surface area contributed by atoms with Crippen LogP contribution < -0.4 is 8.92 Å². The number of nitrogens with zero attached hydrogens (tertiary/aromatic N) is 1. The molecule has 4 saturated carbocycles. The second-order valence-corrected chi connectivity index (χ2v) is 18.5. The summed E-state index contributed by atoms with van der Waals surface area (Å²) in [6.45, 7) is 11.0. The van der Waals surface area contributed by atoms with E-state index in [1.54, 1.807) is 0 Å². The van der Waals surface area contributed by atoms with Gasteiger partial charge in [0.25, 0.3) is 0 Å². The van der Waals surface area contributed by atoms with Gasteiger partial charge in [0.1, 0.15) is 11.7 Å². The first kappa shape index (κ1) is 32.7. The van der Waals surface area contributed by atoms with Crippen LogP contribution in [0, 0.1) is 22.7 Å². The minimum absolute atomic E-state index is 0.0517. The fourth-order valence-corrected chi connectivity index (χ4v) is 12.2. The monoisotopic (exact) mass is 687 g/mol. The summed E-state index contributed by atoms with van der Waals surface area (Å²) in [5.74, 6) is 1.93. The molecule has 0 amide bonds. The van der Waals surface area contributed by atoms with E-state index in [9.17, 15) is 9.32 Å².